The van der Waals surface area contributed by atoms with Gasteiger partial charge in [0.05, 0.1) is 0 Å². The molecule has 0 fully saturated rings. The summed E-state index contributed by atoms with van der Waals surface area (Å²) in [6.45, 7) is -0.108. The van der Waals surface area contributed by atoms with E-state index in [-0.39, 0.29) is 177 Å². The van der Waals surface area contributed by atoms with Gasteiger partial charge >= 0.3 is 193 Å². The molecule has 0 aromatic carbocycles. The van der Waals surface area contributed by atoms with Crippen molar-refractivity contribution in [2.75, 3.05) is 13.1 Å². The molecule has 0 aliphatic heterocycles. The Kier molecular flexibility index (Phi) is 51.9. The topological polar surface area (TPSA) is 552 Å². The van der Waals surface area contributed by atoms with Gasteiger partial charge in [-0.1, -0.05) is 0 Å². The van der Waals surface area contributed by atoms with Crippen molar-refractivity contribution in [2.45, 2.75) is 41.4 Å². The van der Waals surface area contributed by atoms with E-state index in [1.165, 1.54) is 0 Å². The predicted molar refractivity (Wildman–Crippen MR) is 171 cm³/mol. The summed E-state index contributed by atoms with van der Waals surface area (Å²) < 4.78 is 63.1. The van der Waals surface area contributed by atoms with Gasteiger partial charge in [-0.2, -0.15) is 0 Å². The number of aliphatic hydroxyl groups is 3. The van der Waals surface area contributed by atoms with Gasteiger partial charge in [-0.05, 0) is 26.4 Å². The third kappa shape index (κ3) is 24.9. The molecule has 0 aliphatic rings. The molecular weight excluding hydrogens is 821 g/mol. The summed E-state index contributed by atoms with van der Waals surface area (Å²) in [7, 11) is -31.6. The van der Waals surface area contributed by atoms with E-state index in [0.717, 1.165) is 0 Å². The Morgan fingerprint density at radius 3 is 0.717 bits per heavy atom. The van der Waals surface area contributed by atoms with Gasteiger partial charge < -0.3 is 102 Å². The zero-order valence-electron chi connectivity index (χ0n) is 20.5. The number of hydrogen-bond donors (Lipinski definition) is 17. The van der Waals surface area contributed by atoms with Gasteiger partial charge in [0, 0.05) is 12.8 Å². The molecule has 268 valence electrons. The first-order valence-electron chi connectivity index (χ1n) is 9.03. The Morgan fingerprint density at radius 1 is 0.435 bits per heavy atom. The summed E-state index contributed by atoms with van der Waals surface area (Å²) in [6.07, 6.45) is -1.73. The molecule has 0 radical (unpaired) electrons. The van der Waals surface area contributed by atoms with Crippen LogP contribution >= 0.6 is 45.6 Å². The van der Waals surface area contributed by atoms with E-state index in [9.17, 15) is 32.5 Å². The quantitative estimate of drug-likeness (QED) is 0.0677. The van der Waals surface area contributed by atoms with Gasteiger partial charge in [-0.3, -0.25) is 27.4 Å². The molecule has 0 saturated heterocycles. The minimum atomic E-state index is -5.31. The van der Waals surface area contributed by atoms with E-state index in [1.807, 2.05) is 0 Å². The van der Waals surface area contributed by atoms with Crippen LogP contribution in [0.15, 0.2) is 0 Å². The van der Waals surface area contributed by atoms with Crippen LogP contribution in [0, 0.1) is 0 Å². The zero-order chi connectivity index (χ0) is 32.0. The van der Waals surface area contributed by atoms with Crippen molar-refractivity contribution in [2.24, 2.45) is 11.5 Å². The van der Waals surface area contributed by atoms with Crippen LogP contribution in [-0.2, 0) is 27.4 Å². The average Bonchev–Trinajstić information content (AvgIpc) is 2.61. The third-order valence-electron chi connectivity index (χ3n) is 4.17. The second kappa shape index (κ2) is 29.8. The molecule has 26 nitrogen and oxygen atoms in total. The fraction of sp³-hybridized carbons (Fsp3) is 1.00. The van der Waals surface area contributed by atoms with Gasteiger partial charge in [0.2, 0.25) is 0 Å². The first-order valence-corrected chi connectivity index (χ1v) is 18.7. The average molecular weight is 864 g/mol. The molecule has 0 aromatic heterocycles. The molecule has 0 amide bonds. The first kappa shape index (κ1) is 80.1. The number of hydrogen-bond acceptors (Lipinski definition) is 11. The summed E-state index contributed by atoms with van der Waals surface area (Å²) in [5.74, 6) is 0. The van der Waals surface area contributed by atoms with Crippen LogP contribution in [0.4, 0.5) is 0 Å². The minimum absolute atomic E-state index is 0. The van der Waals surface area contributed by atoms with Crippen molar-refractivity contribution in [3.63, 3.8) is 0 Å². The van der Waals surface area contributed by atoms with Crippen molar-refractivity contribution in [3.05, 3.63) is 0 Å². The van der Waals surface area contributed by atoms with Crippen molar-refractivity contribution < 1.29 is 118 Å². The Hall–Kier alpha value is 5.58. The summed E-state index contributed by atoms with van der Waals surface area (Å²) in [4.78, 5) is 102. The molecule has 25 N–H and O–H groups in total. The second-order valence-corrected chi connectivity index (χ2v) is 19.5. The SMILES string of the molecule is CC(O)(P(=O)(O)O)P(=O)(O)O.NCCC(O)(P(=O)(O)O)P(=O)(O)O.NCCCC(O)(P(=O)(O)O)P(=O)(O)O.O.O.O.[NaH].[NaH].[NaH].[NaH].[NaH]. The van der Waals surface area contributed by atoms with E-state index in [4.69, 9.17) is 80.4 Å². The van der Waals surface area contributed by atoms with Gasteiger partial charge in [0.1, 0.15) is 0 Å². The summed E-state index contributed by atoms with van der Waals surface area (Å²) >= 11 is 0. The van der Waals surface area contributed by atoms with E-state index in [0.29, 0.717) is 6.92 Å². The molecule has 0 bridgehead atoms. The fourth-order valence-corrected chi connectivity index (χ4v) is 7.44. The first-order chi connectivity index (χ1) is 16.1. The maximum atomic E-state index is 10.7. The van der Waals surface area contributed by atoms with Crippen molar-refractivity contribution >= 4 is 193 Å². The standard InChI is InChI=1S/C4H13NO7P2.C3H11NO7P2.C2H8O7P2.5Na.3H2O.5H/c5-3-1-2-4(6,13(7,8)9)14(10,11)12;4-2-1-3(5,12(6,7)8)13(9,10)11;1-2(3,10(4,5)6)11(7,8)9;;;;;;;;;;;;;/h6H,1-3,5H2,(H2,7,8,9)(H2,10,11,12);5H,1-2,4H2,(H2,6,7,8)(H2,9,10,11);3H,1H3,(H2,4,5,6)(H2,7,8,9);;;;;;3*1H2;;;;;. The predicted octanol–water partition coefficient (Wildman–Crippen LogP) is -9.65. The van der Waals surface area contributed by atoms with Gasteiger partial charge in [0.25, 0.3) is 15.2 Å². The Bertz CT molecular complexity index is 997. The van der Waals surface area contributed by atoms with Crippen LogP contribution in [-0.4, -0.2) is 267 Å². The van der Waals surface area contributed by atoms with Crippen molar-refractivity contribution in [1.29, 1.82) is 0 Å². The van der Waals surface area contributed by atoms with Crippen LogP contribution in [0.2, 0.25) is 0 Å². The van der Waals surface area contributed by atoms with Crippen LogP contribution in [0.5, 0.6) is 0 Å². The molecule has 0 atom stereocenters. The molecule has 0 spiro atoms. The van der Waals surface area contributed by atoms with Gasteiger partial charge in [0.15, 0.2) is 0 Å². The molecule has 0 unspecified atom stereocenters. The Morgan fingerprint density at radius 2 is 0.630 bits per heavy atom. The molecule has 0 rings (SSSR count). The maximum absolute atomic E-state index is 10.7. The summed E-state index contributed by atoms with van der Waals surface area (Å²) in [5, 5.41) is 17.0. The van der Waals surface area contributed by atoms with E-state index in [2.05, 4.69) is 0 Å². The zero-order valence-corrected chi connectivity index (χ0v) is 25.9. The molecular formula is C9H43N2Na5O24P6. The number of rotatable bonds is 11. The van der Waals surface area contributed by atoms with Gasteiger partial charge in [-0.15, -0.1) is 0 Å². The van der Waals surface area contributed by atoms with Crippen molar-refractivity contribution in [3.8, 4) is 0 Å². The molecule has 46 heavy (non-hydrogen) atoms. The number of nitrogens with two attached hydrogens (primary N) is 2. The fourth-order valence-electron chi connectivity index (χ4n) is 1.62. The van der Waals surface area contributed by atoms with Gasteiger partial charge in [-0.25, -0.2) is 0 Å². The molecule has 0 aromatic rings. The van der Waals surface area contributed by atoms with Crippen LogP contribution in [0.1, 0.15) is 26.2 Å². The molecule has 0 heterocycles. The Balaban J connectivity index is -0.0000000411. The van der Waals surface area contributed by atoms with E-state index >= 15 is 0 Å². The summed E-state index contributed by atoms with van der Waals surface area (Å²) in [5.41, 5.74) is 9.87. The van der Waals surface area contributed by atoms with E-state index in [1.54, 1.807) is 0 Å². The summed E-state index contributed by atoms with van der Waals surface area (Å²) in [6, 6.07) is 0. The molecule has 37 heteroatoms. The van der Waals surface area contributed by atoms with Crippen molar-refractivity contribution in [1.82, 2.24) is 0 Å². The molecule has 0 saturated carbocycles. The van der Waals surface area contributed by atoms with E-state index < -0.39 is 80.2 Å². The van der Waals surface area contributed by atoms with Crippen LogP contribution < -0.4 is 11.5 Å². The Labute approximate surface area is 372 Å². The second-order valence-electron chi connectivity index (χ2n) is 7.21. The normalized spacial score (nSPS) is 12.1. The van der Waals surface area contributed by atoms with Crippen LogP contribution in [0.3, 0.4) is 0 Å². The third-order valence-corrected chi connectivity index (χ3v) is 15.7. The monoisotopic (exact) mass is 864 g/mol. The molecule has 0 aliphatic carbocycles. The van der Waals surface area contributed by atoms with Crippen LogP contribution in [0.25, 0.3) is 0 Å².